The Bertz CT molecular complexity index is 464. The molecule has 2 unspecified atom stereocenters. The van der Waals surface area contributed by atoms with Gasteiger partial charge < -0.3 is 5.11 Å². The van der Waals surface area contributed by atoms with Crippen LogP contribution in [0.4, 0.5) is 0 Å². The molecule has 2 aliphatic carbocycles. The topological polar surface area (TPSA) is 37.3 Å². The largest absolute Gasteiger partial charge is 0.481 e. The van der Waals surface area contributed by atoms with E-state index in [1.807, 2.05) is 0 Å². The fraction of sp³-hybridized carbons (Fsp3) is 0.500. The zero-order valence-electron chi connectivity index (χ0n) is 9.49. The van der Waals surface area contributed by atoms with Gasteiger partial charge in [0.2, 0.25) is 0 Å². The maximum absolute atomic E-state index is 11.0. The second kappa shape index (κ2) is 3.09. The predicted molar refractivity (Wildman–Crippen MR) is 61.4 cm³/mol. The molecule has 0 aliphatic heterocycles. The van der Waals surface area contributed by atoms with E-state index in [1.54, 1.807) is 0 Å². The van der Waals surface area contributed by atoms with Crippen molar-refractivity contribution in [3.05, 3.63) is 34.9 Å². The fourth-order valence-electron chi connectivity index (χ4n) is 3.24. The lowest BCUT2D eigenvalue weighted by Gasteiger charge is -2.26. The molecule has 2 aliphatic rings. The maximum atomic E-state index is 11.0. The van der Waals surface area contributed by atoms with Crippen LogP contribution in [0.1, 0.15) is 29.5 Å². The number of benzene rings is 1. The zero-order chi connectivity index (χ0) is 11.3. The number of fused-ring (bicyclic) bond motifs is 1. The van der Waals surface area contributed by atoms with Crippen molar-refractivity contribution >= 4 is 5.97 Å². The molecule has 2 heteroatoms. The molecular formula is C14H16O2. The number of hydrogen-bond donors (Lipinski definition) is 1. The van der Waals surface area contributed by atoms with Crippen LogP contribution in [0.3, 0.4) is 0 Å². The van der Waals surface area contributed by atoms with E-state index >= 15 is 0 Å². The summed E-state index contributed by atoms with van der Waals surface area (Å²) in [6.45, 7) is 2.13. The monoisotopic (exact) mass is 216 g/mol. The van der Waals surface area contributed by atoms with Gasteiger partial charge in [0.1, 0.15) is 0 Å². The van der Waals surface area contributed by atoms with Crippen LogP contribution in [0.25, 0.3) is 0 Å². The van der Waals surface area contributed by atoms with Crippen molar-refractivity contribution < 1.29 is 9.90 Å². The Hall–Kier alpha value is -1.31. The Morgan fingerprint density at radius 3 is 3.00 bits per heavy atom. The first-order valence-corrected chi connectivity index (χ1v) is 5.93. The number of rotatable bonds is 1. The first-order chi connectivity index (χ1) is 7.62. The van der Waals surface area contributed by atoms with Crippen LogP contribution in [0, 0.1) is 18.3 Å². The molecule has 1 fully saturated rings. The minimum Gasteiger partial charge on any atom is -0.481 e. The Morgan fingerprint density at radius 1 is 1.50 bits per heavy atom. The number of aliphatic carboxylic acids is 1. The van der Waals surface area contributed by atoms with E-state index in [4.69, 9.17) is 5.11 Å². The highest BCUT2D eigenvalue weighted by Crippen LogP contribution is 2.60. The maximum Gasteiger partial charge on any atom is 0.307 e. The lowest BCUT2D eigenvalue weighted by molar-refractivity contribution is -0.139. The summed E-state index contributed by atoms with van der Waals surface area (Å²) < 4.78 is 0. The summed E-state index contributed by atoms with van der Waals surface area (Å²) in [6.07, 6.45) is 3.98. The van der Waals surface area contributed by atoms with E-state index in [0.717, 1.165) is 25.7 Å². The first-order valence-electron chi connectivity index (χ1n) is 5.93. The summed E-state index contributed by atoms with van der Waals surface area (Å²) in [5.74, 6) is -0.683. The van der Waals surface area contributed by atoms with Gasteiger partial charge in [0.25, 0.3) is 0 Å². The molecule has 84 valence electrons. The zero-order valence-corrected chi connectivity index (χ0v) is 9.49. The van der Waals surface area contributed by atoms with Gasteiger partial charge >= 0.3 is 5.97 Å². The normalized spacial score (nSPS) is 31.2. The molecule has 0 saturated heterocycles. The molecule has 16 heavy (non-hydrogen) atoms. The first kappa shape index (κ1) is 9.88. The molecule has 1 aromatic carbocycles. The molecule has 1 saturated carbocycles. The molecule has 0 aromatic heterocycles. The van der Waals surface area contributed by atoms with E-state index in [2.05, 4.69) is 25.1 Å². The lowest BCUT2D eigenvalue weighted by atomic mass is 9.78. The summed E-state index contributed by atoms with van der Waals surface area (Å²) in [5.41, 5.74) is 4.28. The van der Waals surface area contributed by atoms with Crippen molar-refractivity contribution in [3.63, 3.8) is 0 Å². The summed E-state index contributed by atoms with van der Waals surface area (Å²) in [6, 6.07) is 6.43. The van der Waals surface area contributed by atoms with E-state index < -0.39 is 5.97 Å². The van der Waals surface area contributed by atoms with E-state index in [-0.39, 0.29) is 11.3 Å². The number of aryl methyl sites for hydroxylation is 2. The summed E-state index contributed by atoms with van der Waals surface area (Å²) in [5, 5.41) is 9.09. The molecule has 0 heterocycles. The minimum absolute atomic E-state index is 0.0831. The molecule has 1 spiro atoms. The van der Waals surface area contributed by atoms with Gasteiger partial charge in [0.05, 0.1) is 5.92 Å². The molecule has 0 amide bonds. The Balaban J connectivity index is 1.93. The molecule has 2 nitrogen and oxygen atoms in total. The predicted octanol–water partition coefficient (Wildman–Crippen LogP) is 2.57. The number of carbonyl (C=O) groups is 1. The highest BCUT2D eigenvalue weighted by molar-refractivity contribution is 5.75. The Kier molecular flexibility index (Phi) is 1.91. The van der Waals surface area contributed by atoms with Crippen molar-refractivity contribution in [2.45, 2.75) is 32.6 Å². The quantitative estimate of drug-likeness (QED) is 0.783. The molecule has 3 rings (SSSR count). The standard InChI is InChI=1S/C14H16O2/c1-9-3-2-4-10-5-6-14(7-11(9)10)8-12(14)13(15)16/h2-4,12H,5-8H2,1H3,(H,15,16). The second-order valence-electron chi connectivity index (χ2n) is 5.35. The Morgan fingerprint density at radius 2 is 2.31 bits per heavy atom. The Labute approximate surface area is 95.3 Å². The highest BCUT2D eigenvalue weighted by Gasteiger charge is 2.58. The van der Waals surface area contributed by atoms with Crippen molar-refractivity contribution in [1.29, 1.82) is 0 Å². The van der Waals surface area contributed by atoms with E-state index in [1.165, 1.54) is 16.7 Å². The fourth-order valence-corrected chi connectivity index (χ4v) is 3.24. The molecular weight excluding hydrogens is 200 g/mol. The average Bonchev–Trinajstić information content (AvgIpc) is 2.95. The van der Waals surface area contributed by atoms with Crippen LogP contribution in [0.5, 0.6) is 0 Å². The molecule has 0 radical (unpaired) electrons. The van der Waals surface area contributed by atoms with Crippen molar-refractivity contribution in [1.82, 2.24) is 0 Å². The van der Waals surface area contributed by atoms with Crippen molar-refractivity contribution in [2.24, 2.45) is 11.3 Å². The number of hydrogen-bond acceptors (Lipinski definition) is 1. The third kappa shape index (κ3) is 1.29. The number of carboxylic acid groups (broad SMARTS) is 1. The minimum atomic E-state index is -0.600. The van der Waals surface area contributed by atoms with Gasteiger partial charge in [-0.15, -0.1) is 0 Å². The van der Waals surface area contributed by atoms with Crippen molar-refractivity contribution in [3.8, 4) is 0 Å². The number of carboxylic acids is 1. The van der Waals surface area contributed by atoms with Crippen molar-refractivity contribution in [2.75, 3.05) is 0 Å². The average molecular weight is 216 g/mol. The van der Waals surface area contributed by atoms with Gasteiger partial charge in [0.15, 0.2) is 0 Å². The third-order valence-electron chi connectivity index (χ3n) is 4.42. The van der Waals surface area contributed by atoms with Crippen LogP contribution in [-0.2, 0) is 17.6 Å². The van der Waals surface area contributed by atoms with Gasteiger partial charge in [-0.25, -0.2) is 0 Å². The van der Waals surface area contributed by atoms with Gasteiger partial charge in [-0.05, 0) is 54.7 Å². The van der Waals surface area contributed by atoms with E-state index in [0.29, 0.717) is 0 Å². The van der Waals surface area contributed by atoms with Crippen LogP contribution in [0.15, 0.2) is 18.2 Å². The molecule has 0 bridgehead atoms. The molecule has 1 N–H and O–H groups in total. The van der Waals surface area contributed by atoms with Crippen LogP contribution in [-0.4, -0.2) is 11.1 Å². The van der Waals surface area contributed by atoms with Crippen LogP contribution < -0.4 is 0 Å². The summed E-state index contributed by atoms with van der Waals surface area (Å²) in [4.78, 5) is 11.0. The van der Waals surface area contributed by atoms with Gasteiger partial charge in [0, 0.05) is 0 Å². The van der Waals surface area contributed by atoms with Gasteiger partial charge in [-0.2, -0.15) is 0 Å². The van der Waals surface area contributed by atoms with Crippen LogP contribution in [0.2, 0.25) is 0 Å². The van der Waals surface area contributed by atoms with Crippen LogP contribution >= 0.6 is 0 Å². The van der Waals surface area contributed by atoms with Gasteiger partial charge in [-0.3, -0.25) is 4.79 Å². The molecule has 1 aromatic rings. The summed E-state index contributed by atoms with van der Waals surface area (Å²) in [7, 11) is 0. The summed E-state index contributed by atoms with van der Waals surface area (Å²) >= 11 is 0. The van der Waals surface area contributed by atoms with E-state index in [9.17, 15) is 4.79 Å². The second-order valence-corrected chi connectivity index (χ2v) is 5.35. The lowest BCUT2D eigenvalue weighted by Crippen LogP contribution is -2.20. The third-order valence-corrected chi connectivity index (χ3v) is 4.42. The SMILES string of the molecule is Cc1cccc2c1CC1(CC2)CC1C(=O)O. The smallest absolute Gasteiger partial charge is 0.307 e. The van der Waals surface area contributed by atoms with Gasteiger partial charge in [-0.1, -0.05) is 18.2 Å². The highest BCUT2D eigenvalue weighted by atomic mass is 16.4. The molecule has 2 atom stereocenters.